The number of rotatable bonds is 8. The second-order valence-corrected chi connectivity index (χ2v) is 6.59. The number of hydrogen-bond acceptors (Lipinski definition) is 3. The van der Waals surface area contributed by atoms with Crippen molar-refractivity contribution < 1.29 is 4.74 Å². The van der Waals surface area contributed by atoms with Gasteiger partial charge in [-0.25, -0.2) is 0 Å². The molecule has 0 aliphatic carbocycles. The first-order valence-corrected chi connectivity index (χ1v) is 9.03. The van der Waals surface area contributed by atoms with Crippen molar-refractivity contribution in [3.63, 3.8) is 0 Å². The average molecular weight is 293 g/mol. The fourth-order valence-electron chi connectivity index (χ4n) is 2.87. The van der Waals surface area contributed by atoms with E-state index in [0.717, 1.165) is 25.3 Å². The van der Waals surface area contributed by atoms with Crippen molar-refractivity contribution in [2.45, 2.75) is 45.1 Å². The lowest BCUT2D eigenvalue weighted by Gasteiger charge is -2.29. The predicted octanol–water partition coefficient (Wildman–Crippen LogP) is 4.06. The molecule has 0 bridgehead atoms. The van der Waals surface area contributed by atoms with Gasteiger partial charge in [0.1, 0.15) is 5.75 Å². The standard InChI is InChI=1S/C17H27NOS/c1-3-11-20-13-15(18-4-2)12-14-9-10-19-17-8-6-5-7-16(14)17/h5-8,14-15,18H,3-4,9-13H2,1-2H3. The Morgan fingerprint density at radius 3 is 3.00 bits per heavy atom. The van der Waals surface area contributed by atoms with Crippen LogP contribution in [0.1, 0.15) is 44.6 Å². The van der Waals surface area contributed by atoms with E-state index >= 15 is 0 Å². The van der Waals surface area contributed by atoms with Gasteiger partial charge in [0.2, 0.25) is 0 Å². The molecule has 0 spiro atoms. The predicted molar refractivity (Wildman–Crippen MR) is 89.0 cm³/mol. The number of thioether (sulfide) groups is 1. The van der Waals surface area contributed by atoms with Crippen molar-refractivity contribution in [3.8, 4) is 5.75 Å². The van der Waals surface area contributed by atoms with Crippen molar-refractivity contribution in [2.24, 2.45) is 0 Å². The smallest absolute Gasteiger partial charge is 0.122 e. The summed E-state index contributed by atoms with van der Waals surface area (Å²) < 4.78 is 5.77. The lowest BCUT2D eigenvalue weighted by atomic mass is 9.88. The van der Waals surface area contributed by atoms with Gasteiger partial charge in [-0.05, 0) is 49.1 Å². The summed E-state index contributed by atoms with van der Waals surface area (Å²) in [6, 6.07) is 9.17. The van der Waals surface area contributed by atoms with Gasteiger partial charge in [0.25, 0.3) is 0 Å². The Morgan fingerprint density at radius 1 is 1.35 bits per heavy atom. The van der Waals surface area contributed by atoms with Gasteiger partial charge >= 0.3 is 0 Å². The van der Waals surface area contributed by atoms with Gasteiger partial charge in [-0.1, -0.05) is 32.0 Å². The van der Waals surface area contributed by atoms with E-state index in [4.69, 9.17) is 4.74 Å². The van der Waals surface area contributed by atoms with Gasteiger partial charge in [-0.2, -0.15) is 11.8 Å². The second-order valence-electron chi connectivity index (χ2n) is 5.44. The molecular weight excluding hydrogens is 266 g/mol. The minimum absolute atomic E-state index is 0.618. The average Bonchev–Trinajstić information content (AvgIpc) is 2.48. The summed E-state index contributed by atoms with van der Waals surface area (Å²) in [4.78, 5) is 0. The molecule has 1 aliphatic heterocycles. The van der Waals surface area contributed by atoms with Crippen molar-refractivity contribution >= 4 is 11.8 Å². The Balaban J connectivity index is 1.96. The molecule has 0 radical (unpaired) electrons. The van der Waals surface area contributed by atoms with Crippen LogP contribution in [-0.4, -0.2) is 30.7 Å². The van der Waals surface area contributed by atoms with E-state index in [1.165, 1.54) is 29.9 Å². The Bertz CT molecular complexity index is 396. The zero-order valence-corrected chi connectivity index (χ0v) is 13.5. The molecule has 112 valence electrons. The molecule has 1 aliphatic rings. The van der Waals surface area contributed by atoms with Crippen LogP contribution in [0.2, 0.25) is 0 Å². The largest absolute Gasteiger partial charge is 0.493 e. The van der Waals surface area contributed by atoms with Gasteiger partial charge in [-0.15, -0.1) is 0 Å². The molecule has 0 aromatic heterocycles. The lowest BCUT2D eigenvalue weighted by molar-refractivity contribution is 0.257. The summed E-state index contributed by atoms with van der Waals surface area (Å²) in [5.74, 6) is 4.24. The monoisotopic (exact) mass is 293 g/mol. The lowest BCUT2D eigenvalue weighted by Crippen LogP contribution is -2.34. The zero-order valence-electron chi connectivity index (χ0n) is 12.7. The Hall–Kier alpha value is -0.670. The summed E-state index contributed by atoms with van der Waals surface area (Å²) >= 11 is 2.08. The number of benzene rings is 1. The van der Waals surface area contributed by atoms with Crippen molar-refractivity contribution in [2.75, 3.05) is 24.7 Å². The molecule has 0 fully saturated rings. The van der Waals surface area contributed by atoms with E-state index in [9.17, 15) is 0 Å². The third-order valence-corrected chi connectivity index (χ3v) is 5.15. The summed E-state index contributed by atoms with van der Waals surface area (Å²) in [6.45, 7) is 6.38. The maximum atomic E-state index is 5.77. The number of fused-ring (bicyclic) bond motifs is 1. The summed E-state index contributed by atoms with van der Waals surface area (Å²) in [6.07, 6.45) is 3.64. The van der Waals surface area contributed by atoms with Crippen LogP contribution in [-0.2, 0) is 0 Å². The van der Waals surface area contributed by atoms with Crippen LogP contribution in [0.4, 0.5) is 0 Å². The van der Waals surface area contributed by atoms with Gasteiger partial charge in [-0.3, -0.25) is 0 Å². The maximum Gasteiger partial charge on any atom is 0.122 e. The Kier molecular flexibility index (Phi) is 6.74. The third-order valence-electron chi connectivity index (χ3n) is 3.81. The molecule has 3 heteroatoms. The highest BCUT2D eigenvalue weighted by atomic mass is 32.2. The van der Waals surface area contributed by atoms with E-state index in [1.807, 2.05) is 0 Å². The fourth-order valence-corrected chi connectivity index (χ4v) is 3.87. The van der Waals surface area contributed by atoms with E-state index in [2.05, 4.69) is 55.2 Å². The topological polar surface area (TPSA) is 21.3 Å². The van der Waals surface area contributed by atoms with Crippen molar-refractivity contribution in [1.29, 1.82) is 0 Å². The molecule has 2 rings (SSSR count). The molecular formula is C17H27NOS. The minimum Gasteiger partial charge on any atom is -0.493 e. The highest BCUT2D eigenvalue weighted by Gasteiger charge is 2.23. The molecule has 1 N–H and O–H groups in total. The zero-order chi connectivity index (χ0) is 14.2. The van der Waals surface area contributed by atoms with Crippen LogP contribution in [0.25, 0.3) is 0 Å². The Morgan fingerprint density at radius 2 is 2.20 bits per heavy atom. The molecule has 1 aromatic rings. The molecule has 1 heterocycles. The van der Waals surface area contributed by atoms with E-state index in [1.54, 1.807) is 0 Å². The van der Waals surface area contributed by atoms with Gasteiger partial charge in [0.05, 0.1) is 6.61 Å². The molecule has 0 saturated carbocycles. The first-order valence-electron chi connectivity index (χ1n) is 7.88. The number of hydrogen-bond donors (Lipinski definition) is 1. The van der Waals surface area contributed by atoms with Crippen LogP contribution < -0.4 is 10.1 Å². The normalized spacial score (nSPS) is 19.2. The molecule has 2 nitrogen and oxygen atoms in total. The van der Waals surface area contributed by atoms with Gasteiger partial charge in [0, 0.05) is 11.8 Å². The van der Waals surface area contributed by atoms with Crippen LogP contribution in [0, 0.1) is 0 Å². The highest BCUT2D eigenvalue weighted by molar-refractivity contribution is 7.99. The molecule has 0 amide bonds. The fraction of sp³-hybridized carbons (Fsp3) is 0.647. The van der Waals surface area contributed by atoms with Crippen molar-refractivity contribution in [1.82, 2.24) is 5.32 Å². The Labute approximate surface area is 127 Å². The second kappa shape index (κ2) is 8.58. The highest BCUT2D eigenvalue weighted by Crippen LogP contribution is 2.36. The van der Waals surface area contributed by atoms with Gasteiger partial charge < -0.3 is 10.1 Å². The summed E-state index contributed by atoms with van der Waals surface area (Å²) in [7, 11) is 0. The van der Waals surface area contributed by atoms with E-state index in [-0.39, 0.29) is 0 Å². The number of ether oxygens (including phenoxy) is 1. The molecule has 0 saturated heterocycles. The van der Waals surface area contributed by atoms with Crippen LogP contribution in [0.3, 0.4) is 0 Å². The van der Waals surface area contributed by atoms with Gasteiger partial charge in [0.15, 0.2) is 0 Å². The quantitative estimate of drug-likeness (QED) is 0.730. The molecule has 2 atom stereocenters. The number of para-hydroxylation sites is 1. The molecule has 20 heavy (non-hydrogen) atoms. The van der Waals surface area contributed by atoms with Crippen LogP contribution in [0.5, 0.6) is 5.75 Å². The van der Waals surface area contributed by atoms with E-state index in [0.29, 0.717) is 12.0 Å². The molecule has 1 aromatic carbocycles. The summed E-state index contributed by atoms with van der Waals surface area (Å²) in [5.41, 5.74) is 1.40. The SMILES string of the molecule is CCCSCC(CC1CCOc2ccccc21)NCC. The molecule has 2 unspecified atom stereocenters. The van der Waals surface area contributed by atoms with Crippen LogP contribution in [0.15, 0.2) is 24.3 Å². The first-order chi connectivity index (χ1) is 9.85. The van der Waals surface area contributed by atoms with Crippen LogP contribution >= 0.6 is 11.8 Å². The van der Waals surface area contributed by atoms with E-state index < -0.39 is 0 Å². The first kappa shape index (κ1) is 15.7. The summed E-state index contributed by atoms with van der Waals surface area (Å²) in [5, 5.41) is 3.66. The number of nitrogens with one attached hydrogen (secondary N) is 1. The minimum atomic E-state index is 0.618. The maximum absolute atomic E-state index is 5.77. The van der Waals surface area contributed by atoms with Crippen molar-refractivity contribution in [3.05, 3.63) is 29.8 Å². The third kappa shape index (κ3) is 4.42.